The van der Waals surface area contributed by atoms with Crippen molar-refractivity contribution in [3.8, 4) is 6.07 Å². The molecule has 1 aromatic heterocycles. The summed E-state index contributed by atoms with van der Waals surface area (Å²) >= 11 is 0. The van der Waals surface area contributed by atoms with Crippen molar-refractivity contribution in [1.82, 2.24) is 15.2 Å². The van der Waals surface area contributed by atoms with Gasteiger partial charge in [-0.05, 0) is 48.2 Å². The molecule has 0 saturated carbocycles. The number of aromatic nitrogens is 1. The topological polar surface area (TPSA) is 101 Å². The molecule has 0 bridgehead atoms. The zero-order valence-corrected chi connectivity index (χ0v) is 21.4. The van der Waals surface area contributed by atoms with E-state index in [0.29, 0.717) is 24.5 Å². The second-order valence-electron chi connectivity index (χ2n) is 9.51. The molecule has 37 heavy (non-hydrogen) atoms. The van der Waals surface area contributed by atoms with E-state index in [1.807, 2.05) is 67.4 Å². The van der Waals surface area contributed by atoms with Gasteiger partial charge in [-0.3, -0.25) is 9.59 Å². The third-order valence-corrected chi connectivity index (χ3v) is 6.86. The van der Waals surface area contributed by atoms with Gasteiger partial charge in [-0.1, -0.05) is 49.4 Å². The Hall–Kier alpha value is -4.22. The molecule has 8 nitrogen and oxygen atoms in total. The molecule has 0 radical (unpaired) electrons. The number of pyridine rings is 1. The van der Waals surface area contributed by atoms with Crippen LogP contribution in [0.1, 0.15) is 42.5 Å². The van der Waals surface area contributed by atoms with Crippen LogP contribution in [0.4, 0.5) is 11.5 Å². The predicted molar refractivity (Wildman–Crippen MR) is 144 cm³/mol. The molecule has 1 unspecified atom stereocenters. The molecular weight excluding hydrogens is 464 g/mol. The minimum Gasteiger partial charge on any atom is -0.359 e. The summed E-state index contributed by atoms with van der Waals surface area (Å²) in [5.41, 5.74) is 3.42. The maximum absolute atomic E-state index is 13.3. The van der Waals surface area contributed by atoms with Gasteiger partial charge < -0.3 is 20.4 Å². The van der Waals surface area contributed by atoms with Crippen LogP contribution in [0.3, 0.4) is 0 Å². The highest BCUT2D eigenvalue weighted by Gasteiger charge is 2.27. The Balaban J connectivity index is 1.43. The molecule has 2 aromatic carbocycles. The minimum absolute atomic E-state index is 0.0724. The van der Waals surface area contributed by atoms with E-state index in [4.69, 9.17) is 5.26 Å². The summed E-state index contributed by atoms with van der Waals surface area (Å²) in [4.78, 5) is 33.8. The Morgan fingerprint density at radius 2 is 1.84 bits per heavy atom. The van der Waals surface area contributed by atoms with Crippen LogP contribution in [0, 0.1) is 11.3 Å². The van der Waals surface area contributed by atoms with Crippen LogP contribution in [0.25, 0.3) is 0 Å². The fraction of sp³-hybridized carbons (Fsp3) is 0.310. The zero-order chi connectivity index (χ0) is 26.4. The highest BCUT2D eigenvalue weighted by molar-refractivity contribution is 5.95. The van der Waals surface area contributed by atoms with Crippen LogP contribution < -0.4 is 15.5 Å². The van der Waals surface area contributed by atoms with Crippen molar-refractivity contribution in [2.75, 3.05) is 36.9 Å². The normalized spacial score (nSPS) is 17.1. The van der Waals surface area contributed by atoms with Crippen LogP contribution >= 0.6 is 0 Å². The minimum atomic E-state index is -0.570. The Labute approximate surface area is 217 Å². The molecule has 0 spiro atoms. The molecule has 1 saturated heterocycles. The fourth-order valence-corrected chi connectivity index (χ4v) is 4.37. The quantitative estimate of drug-likeness (QED) is 0.493. The Bertz CT molecular complexity index is 1250. The number of hydrogen-bond acceptors (Lipinski definition) is 6. The smallest absolute Gasteiger partial charge is 0.247 e. The zero-order valence-electron chi connectivity index (χ0n) is 21.4. The van der Waals surface area contributed by atoms with Crippen molar-refractivity contribution in [1.29, 1.82) is 5.26 Å². The molecule has 1 aliphatic rings. The average Bonchev–Trinajstić information content (AvgIpc) is 2.92. The molecule has 2 amide bonds. The molecular formula is C29H32N6O2. The van der Waals surface area contributed by atoms with E-state index in [1.54, 1.807) is 29.3 Å². The van der Waals surface area contributed by atoms with Gasteiger partial charge in [0.2, 0.25) is 11.8 Å². The van der Waals surface area contributed by atoms with Crippen molar-refractivity contribution in [3.05, 3.63) is 89.6 Å². The van der Waals surface area contributed by atoms with Gasteiger partial charge in [0.15, 0.2) is 0 Å². The van der Waals surface area contributed by atoms with E-state index in [1.165, 1.54) is 0 Å². The van der Waals surface area contributed by atoms with Gasteiger partial charge in [0.25, 0.3) is 0 Å². The second kappa shape index (κ2) is 11.7. The first kappa shape index (κ1) is 25.9. The van der Waals surface area contributed by atoms with E-state index in [0.717, 1.165) is 23.4 Å². The number of nitriles is 1. The number of rotatable bonds is 8. The van der Waals surface area contributed by atoms with Gasteiger partial charge in [-0.2, -0.15) is 5.26 Å². The third-order valence-electron chi connectivity index (χ3n) is 6.86. The molecule has 1 aliphatic heterocycles. The summed E-state index contributed by atoms with van der Waals surface area (Å²) < 4.78 is 0. The van der Waals surface area contributed by atoms with Gasteiger partial charge in [0, 0.05) is 26.2 Å². The molecule has 190 valence electrons. The fourth-order valence-electron chi connectivity index (χ4n) is 4.37. The number of nitrogens with one attached hydrogen (secondary N) is 2. The first-order valence-corrected chi connectivity index (χ1v) is 12.4. The number of carbonyl (C=O) groups is 2. The number of piperazine rings is 1. The predicted octanol–water partition coefficient (Wildman–Crippen LogP) is 3.69. The van der Waals surface area contributed by atoms with E-state index in [-0.39, 0.29) is 23.8 Å². The Morgan fingerprint density at radius 3 is 2.46 bits per heavy atom. The second-order valence-corrected chi connectivity index (χ2v) is 9.51. The number of likely N-dealkylation sites (N-methyl/N-ethyl adjacent to an activating group) is 1. The maximum atomic E-state index is 13.3. The Morgan fingerprint density at radius 1 is 1.11 bits per heavy atom. The summed E-state index contributed by atoms with van der Waals surface area (Å²) in [5, 5.41) is 15.4. The van der Waals surface area contributed by atoms with E-state index in [2.05, 4.69) is 28.6 Å². The van der Waals surface area contributed by atoms with Gasteiger partial charge >= 0.3 is 0 Å². The van der Waals surface area contributed by atoms with E-state index < -0.39 is 6.04 Å². The molecule has 1 fully saturated rings. The molecule has 2 N–H and O–H groups in total. The van der Waals surface area contributed by atoms with Gasteiger partial charge in [0.05, 0.1) is 30.1 Å². The summed E-state index contributed by atoms with van der Waals surface area (Å²) in [5.74, 6) is 0.452. The van der Waals surface area contributed by atoms with Crippen molar-refractivity contribution in [3.63, 3.8) is 0 Å². The summed E-state index contributed by atoms with van der Waals surface area (Å²) in [7, 11) is 1.82. The standard InChI is InChI=1S/C29H32N6O2/c1-20(23-11-9-22(15-30)10-12-23)16-32-28(24-7-5-4-6-8-24)29(37)33-26-14-13-25(17-31-26)35-18-21(2)34(3)27(36)19-35/h4-14,17,20-21,28,32H,16,18-19H2,1-3H3,(H,31,33,37)/t20-,21?,28+/m0/s1. The largest absolute Gasteiger partial charge is 0.359 e. The third kappa shape index (κ3) is 6.32. The monoisotopic (exact) mass is 496 g/mol. The van der Waals surface area contributed by atoms with Gasteiger partial charge in [0.1, 0.15) is 11.9 Å². The lowest BCUT2D eigenvalue weighted by molar-refractivity contribution is -0.131. The van der Waals surface area contributed by atoms with E-state index >= 15 is 0 Å². The first-order chi connectivity index (χ1) is 17.9. The maximum Gasteiger partial charge on any atom is 0.247 e. The van der Waals surface area contributed by atoms with Crippen LogP contribution in [-0.4, -0.2) is 54.4 Å². The molecule has 8 heteroatoms. The first-order valence-electron chi connectivity index (χ1n) is 12.4. The summed E-state index contributed by atoms with van der Waals surface area (Å²) in [6.07, 6.45) is 1.69. The van der Waals surface area contributed by atoms with Gasteiger partial charge in [-0.15, -0.1) is 0 Å². The van der Waals surface area contributed by atoms with Crippen molar-refractivity contribution in [2.45, 2.75) is 31.8 Å². The highest BCUT2D eigenvalue weighted by Crippen LogP contribution is 2.22. The molecule has 3 aromatic rings. The number of amides is 2. The number of carbonyl (C=O) groups excluding carboxylic acids is 2. The van der Waals surface area contributed by atoms with Crippen molar-refractivity contribution < 1.29 is 9.59 Å². The van der Waals surface area contributed by atoms with Crippen molar-refractivity contribution >= 4 is 23.3 Å². The molecule has 0 aliphatic carbocycles. The SMILES string of the molecule is CC1CN(c2ccc(NC(=O)[C@H](NC[C@H](C)c3ccc(C#N)cc3)c3ccccc3)nc2)CC(=O)N1C. The molecule has 3 atom stereocenters. The van der Waals surface area contributed by atoms with Crippen LogP contribution in [0.5, 0.6) is 0 Å². The number of anilines is 2. The number of nitrogens with zero attached hydrogens (tertiary/aromatic N) is 4. The number of hydrogen-bond donors (Lipinski definition) is 2. The van der Waals surface area contributed by atoms with Gasteiger partial charge in [-0.25, -0.2) is 4.98 Å². The Kier molecular flexibility index (Phi) is 8.16. The molecule has 4 rings (SSSR count). The average molecular weight is 497 g/mol. The van der Waals surface area contributed by atoms with Crippen LogP contribution in [0.15, 0.2) is 72.9 Å². The lowest BCUT2D eigenvalue weighted by Gasteiger charge is -2.38. The summed E-state index contributed by atoms with van der Waals surface area (Å²) in [6, 6.07) is 22.4. The molecule has 2 heterocycles. The van der Waals surface area contributed by atoms with E-state index in [9.17, 15) is 9.59 Å². The van der Waals surface area contributed by atoms with Crippen LogP contribution in [-0.2, 0) is 9.59 Å². The highest BCUT2D eigenvalue weighted by atomic mass is 16.2. The number of benzene rings is 2. The lowest BCUT2D eigenvalue weighted by atomic mass is 9.98. The summed E-state index contributed by atoms with van der Waals surface area (Å²) in [6.45, 7) is 5.71. The van der Waals surface area contributed by atoms with Crippen molar-refractivity contribution in [2.24, 2.45) is 0 Å². The van der Waals surface area contributed by atoms with Crippen LogP contribution in [0.2, 0.25) is 0 Å². The lowest BCUT2D eigenvalue weighted by Crippen LogP contribution is -2.53.